The minimum atomic E-state index is -3.56. The first-order valence-electron chi connectivity index (χ1n) is 6.95. The molecule has 3 N–H and O–H groups in total. The molecule has 0 fully saturated rings. The largest absolute Gasteiger partial charge is 0.294 e. The van der Waals surface area contributed by atoms with E-state index >= 15 is 0 Å². The zero-order chi connectivity index (χ0) is 16.9. The highest BCUT2D eigenvalue weighted by Crippen LogP contribution is 2.25. The lowest BCUT2D eigenvalue weighted by Crippen LogP contribution is -2.32. The molecule has 0 spiro atoms. The van der Waals surface area contributed by atoms with Crippen molar-refractivity contribution in [2.24, 2.45) is 5.84 Å². The number of halogens is 1. The van der Waals surface area contributed by atoms with Gasteiger partial charge >= 0.3 is 0 Å². The number of hydrogen-bond donors (Lipinski definition) is 2. The molecule has 7 heteroatoms. The number of hydrazine groups is 1. The first-order chi connectivity index (χ1) is 10.9. The molecular weight excluding hydrogens is 336 g/mol. The molecule has 122 valence electrons. The first kappa shape index (κ1) is 17.5. The Balaban J connectivity index is 2.29. The Morgan fingerprint density at radius 2 is 1.70 bits per heavy atom. The van der Waals surface area contributed by atoms with Gasteiger partial charge in [-0.3, -0.25) is 10.2 Å². The summed E-state index contributed by atoms with van der Waals surface area (Å²) in [4.78, 5) is 11.8. The molecule has 2 aromatic carbocycles. The predicted molar refractivity (Wildman–Crippen MR) is 89.6 cm³/mol. The highest BCUT2D eigenvalue weighted by atomic mass is 35.5. The third-order valence-corrected chi connectivity index (χ3v) is 5.54. The fraction of sp³-hybridized carbons (Fsp3) is 0.188. The van der Waals surface area contributed by atoms with Crippen LogP contribution in [-0.2, 0) is 14.6 Å². The molecule has 0 aliphatic carbocycles. The monoisotopic (exact) mass is 352 g/mol. The van der Waals surface area contributed by atoms with E-state index < -0.39 is 21.7 Å². The van der Waals surface area contributed by atoms with Crippen LogP contribution in [0.3, 0.4) is 0 Å². The molecule has 0 bridgehead atoms. The van der Waals surface area contributed by atoms with Gasteiger partial charge in [0.1, 0.15) is 0 Å². The summed E-state index contributed by atoms with van der Waals surface area (Å²) >= 11 is 5.79. The van der Waals surface area contributed by atoms with E-state index in [2.05, 4.69) is 0 Å². The summed E-state index contributed by atoms with van der Waals surface area (Å²) in [7, 11) is -3.56. The highest BCUT2D eigenvalue weighted by Gasteiger charge is 2.24. The SMILES string of the molecule is NNC(=O)CC(CS(=O)(=O)c1ccc(Cl)cc1)c1ccccc1. The Morgan fingerprint density at radius 3 is 2.26 bits per heavy atom. The van der Waals surface area contributed by atoms with Crippen LogP contribution < -0.4 is 11.3 Å². The Hall–Kier alpha value is -1.89. The van der Waals surface area contributed by atoms with Crippen molar-refractivity contribution in [1.29, 1.82) is 0 Å². The standard InChI is InChI=1S/C16H17ClN2O3S/c17-14-6-8-15(9-7-14)23(21,22)11-13(10-16(20)19-18)12-4-2-1-3-5-12/h1-9,13H,10-11,18H2,(H,19,20). The van der Waals surface area contributed by atoms with Gasteiger partial charge in [-0.15, -0.1) is 0 Å². The van der Waals surface area contributed by atoms with Gasteiger partial charge in [0.05, 0.1) is 10.6 Å². The highest BCUT2D eigenvalue weighted by molar-refractivity contribution is 7.91. The number of carbonyl (C=O) groups is 1. The van der Waals surface area contributed by atoms with Crippen molar-refractivity contribution < 1.29 is 13.2 Å². The number of sulfone groups is 1. The number of nitrogens with one attached hydrogen (secondary N) is 1. The second-order valence-electron chi connectivity index (χ2n) is 5.11. The molecule has 1 unspecified atom stereocenters. The Kier molecular flexibility index (Phi) is 5.76. The topological polar surface area (TPSA) is 89.3 Å². The normalized spacial score (nSPS) is 12.6. The van der Waals surface area contributed by atoms with E-state index in [1.54, 1.807) is 24.3 Å². The van der Waals surface area contributed by atoms with Gasteiger partial charge < -0.3 is 0 Å². The smallest absolute Gasteiger partial charge is 0.234 e. The second-order valence-corrected chi connectivity index (χ2v) is 7.59. The van der Waals surface area contributed by atoms with Gasteiger partial charge in [0, 0.05) is 17.4 Å². The second kappa shape index (κ2) is 7.59. The lowest BCUT2D eigenvalue weighted by molar-refractivity contribution is -0.121. The van der Waals surface area contributed by atoms with Crippen molar-refractivity contribution in [1.82, 2.24) is 5.43 Å². The third kappa shape index (κ3) is 4.79. The quantitative estimate of drug-likeness (QED) is 0.474. The third-order valence-electron chi connectivity index (χ3n) is 3.46. The maximum atomic E-state index is 12.6. The van der Waals surface area contributed by atoms with Crippen LogP contribution in [0.15, 0.2) is 59.5 Å². The van der Waals surface area contributed by atoms with E-state index in [-0.39, 0.29) is 17.1 Å². The number of rotatable bonds is 6. The molecule has 2 rings (SSSR count). The molecule has 0 saturated heterocycles. The van der Waals surface area contributed by atoms with Gasteiger partial charge in [-0.05, 0) is 29.8 Å². The molecule has 23 heavy (non-hydrogen) atoms. The molecule has 0 aliphatic heterocycles. The van der Waals surface area contributed by atoms with Crippen molar-refractivity contribution in [3.05, 3.63) is 65.2 Å². The Morgan fingerprint density at radius 1 is 1.09 bits per heavy atom. The number of carbonyl (C=O) groups excluding carboxylic acids is 1. The zero-order valence-electron chi connectivity index (χ0n) is 12.3. The summed E-state index contributed by atoms with van der Waals surface area (Å²) in [5.41, 5.74) is 2.82. The van der Waals surface area contributed by atoms with E-state index in [1.807, 2.05) is 11.5 Å². The lowest BCUT2D eigenvalue weighted by atomic mass is 9.97. The minimum absolute atomic E-state index is 0.00661. The van der Waals surface area contributed by atoms with Crippen molar-refractivity contribution in [3.63, 3.8) is 0 Å². The summed E-state index contributed by atoms with van der Waals surface area (Å²) in [5.74, 6) is 4.04. The van der Waals surface area contributed by atoms with E-state index in [9.17, 15) is 13.2 Å². The zero-order valence-corrected chi connectivity index (χ0v) is 13.8. The fourth-order valence-electron chi connectivity index (χ4n) is 2.28. The van der Waals surface area contributed by atoms with Crippen LogP contribution in [0.4, 0.5) is 0 Å². The van der Waals surface area contributed by atoms with Gasteiger partial charge in [-0.2, -0.15) is 0 Å². The molecule has 2 aromatic rings. The van der Waals surface area contributed by atoms with Crippen molar-refractivity contribution in [2.45, 2.75) is 17.2 Å². The molecule has 0 aliphatic rings. The number of hydrogen-bond acceptors (Lipinski definition) is 4. The van der Waals surface area contributed by atoms with Crippen molar-refractivity contribution >= 4 is 27.3 Å². The molecule has 0 saturated carbocycles. The molecule has 5 nitrogen and oxygen atoms in total. The van der Waals surface area contributed by atoms with E-state index in [0.29, 0.717) is 5.02 Å². The summed E-state index contributed by atoms with van der Waals surface area (Å²) < 4.78 is 25.2. The molecule has 0 radical (unpaired) electrons. The van der Waals surface area contributed by atoms with E-state index in [4.69, 9.17) is 17.4 Å². The Labute approximate surface area is 140 Å². The van der Waals surface area contributed by atoms with E-state index in [0.717, 1.165) is 5.56 Å². The average Bonchev–Trinajstić information content (AvgIpc) is 2.55. The van der Waals surface area contributed by atoms with Crippen molar-refractivity contribution in [2.75, 3.05) is 5.75 Å². The maximum Gasteiger partial charge on any atom is 0.234 e. The van der Waals surface area contributed by atoms with Crippen LogP contribution in [0, 0.1) is 0 Å². The van der Waals surface area contributed by atoms with Crippen LogP contribution in [0.1, 0.15) is 17.9 Å². The molecule has 1 atom stereocenters. The predicted octanol–water partition coefficient (Wildman–Crippen LogP) is 2.28. The molecule has 0 aromatic heterocycles. The fourth-order valence-corrected chi connectivity index (χ4v) is 3.99. The summed E-state index contributed by atoms with van der Waals surface area (Å²) in [6.07, 6.45) is -0.00661. The van der Waals surface area contributed by atoms with Crippen LogP contribution in [0.2, 0.25) is 5.02 Å². The lowest BCUT2D eigenvalue weighted by Gasteiger charge is -2.17. The van der Waals surface area contributed by atoms with Crippen LogP contribution in [-0.4, -0.2) is 20.1 Å². The molecule has 1 amide bonds. The van der Waals surface area contributed by atoms with Gasteiger partial charge in [-0.1, -0.05) is 41.9 Å². The molecule has 0 heterocycles. The molecular formula is C16H17ClN2O3S. The summed E-state index contributed by atoms with van der Waals surface area (Å²) in [5, 5.41) is 0.464. The van der Waals surface area contributed by atoms with Crippen LogP contribution >= 0.6 is 11.6 Å². The van der Waals surface area contributed by atoms with Gasteiger partial charge in [0.15, 0.2) is 9.84 Å². The number of nitrogens with two attached hydrogens (primary N) is 1. The van der Waals surface area contributed by atoms with Crippen molar-refractivity contribution in [3.8, 4) is 0 Å². The van der Waals surface area contributed by atoms with Crippen LogP contribution in [0.5, 0.6) is 0 Å². The number of benzene rings is 2. The van der Waals surface area contributed by atoms with Gasteiger partial charge in [0.2, 0.25) is 5.91 Å². The maximum absolute atomic E-state index is 12.6. The van der Waals surface area contributed by atoms with Crippen LogP contribution in [0.25, 0.3) is 0 Å². The minimum Gasteiger partial charge on any atom is -0.294 e. The van der Waals surface area contributed by atoms with Gasteiger partial charge in [0.25, 0.3) is 0 Å². The first-order valence-corrected chi connectivity index (χ1v) is 8.98. The average molecular weight is 353 g/mol. The van der Waals surface area contributed by atoms with Gasteiger partial charge in [-0.25, -0.2) is 14.3 Å². The number of amides is 1. The summed E-state index contributed by atoms with van der Waals surface area (Å²) in [6, 6.07) is 15.0. The Bertz CT molecular complexity index is 762. The summed E-state index contributed by atoms with van der Waals surface area (Å²) in [6.45, 7) is 0. The van der Waals surface area contributed by atoms with E-state index in [1.165, 1.54) is 24.3 Å².